The number of aromatic nitrogens is 2. The summed E-state index contributed by atoms with van der Waals surface area (Å²) in [4.78, 5) is 24.6. The molecule has 1 amide bonds. The van der Waals surface area contributed by atoms with Crippen LogP contribution in [0.5, 0.6) is 0 Å². The minimum atomic E-state index is -0.270. The van der Waals surface area contributed by atoms with Gasteiger partial charge in [-0.1, -0.05) is 30.3 Å². The summed E-state index contributed by atoms with van der Waals surface area (Å²) in [6.07, 6.45) is 0. The van der Waals surface area contributed by atoms with Crippen molar-refractivity contribution in [1.82, 2.24) is 9.13 Å². The van der Waals surface area contributed by atoms with Crippen LogP contribution in [0.3, 0.4) is 0 Å². The first-order valence-electron chi connectivity index (χ1n) is 7.61. The minimum absolute atomic E-state index is 0.0952. The van der Waals surface area contributed by atoms with E-state index in [-0.39, 0.29) is 17.5 Å². The Morgan fingerprint density at radius 1 is 1.08 bits per heavy atom. The zero-order valence-electron chi connectivity index (χ0n) is 13.7. The molecule has 0 fully saturated rings. The van der Waals surface area contributed by atoms with Gasteiger partial charge in [0.15, 0.2) is 0 Å². The minimum Gasteiger partial charge on any atom is -0.324 e. The largest absolute Gasteiger partial charge is 0.328 e. The molecular formula is C18H18BrN3O2. The van der Waals surface area contributed by atoms with Crippen molar-refractivity contribution in [3.8, 4) is 0 Å². The third-order valence-electron chi connectivity index (χ3n) is 4.31. The first-order valence-corrected chi connectivity index (χ1v) is 8.40. The monoisotopic (exact) mass is 387 g/mol. The van der Waals surface area contributed by atoms with Gasteiger partial charge in [-0.25, -0.2) is 4.79 Å². The molecule has 0 saturated carbocycles. The average Bonchev–Trinajstić information content (AvgIpc) is 2.79. The second-order valence-electron chi connectivity index (χ2n) is 5.84. The van der Waals surface area contributed by atoms with E-state index in [1.54, 1.807) is 23.2 Å². The number of nitrogens with one attached hydrogen (secondary N) is 1. The first kappa shape index (κ1) is 16.5. The molecule has 1 N–H and O–H groups in total. The van der Waals surface area contributed by atoms with E-state index in [1.807, 2.05) is 49.4 Å². The summed E-state index contributed by atoms with van der Waals surface area (Å²) in [6, 6.07) is 13.3. The summed E-state index contributed by atoms with van der Waals surface area (Å²) in [6.45, 7) is 1.87. The third kappa shape index (κ3) is 2.78. The van der Waals surface area contributed by atoms with Crippen molar-refractivity contribution in [1.29, 1.82) is 0 Å². The van der Waals surface area contributed by atoms with Crippen molar-refractivity contribution in [3.05, 3.63) is 63.0 Å². The maximum Gasteiger partial charge on any atom is 0.328 e. The molecule has 0 aliphatic rings. The highest BCUT2D eigenvalue weighted by molar-refractivity contribution is 9.10. The molecule has 1 aromatic heterocycles. The molecule has 2 aromatic carbocycles. The molecule has 3 rings (SSSR count). The maximum atomic E-state index is 12.6. The van der Waals surface area contributed by atoms with Gasteiger partial charge >= 0.3 is 5.69 Å². The number of aryl methyl sites for hydroxylation is 2. The van der Waals surface area contributed by atoms with Crippen LogP contribution in [-0.4, -0.2) is 15.0 Å². The van der Waals surface area contributed by atoms with Gasteiger partial charge in [-0.15, -0.1) is 0 Å². The molecule has 0 saturated heterocycles. The Balaban J connectivity index is 1.95. The number of halogens is 1. The second-order valence-corrected chi connectivity index (χ2v) is 6.70. The second kappa shape index (κ2) is 6.28. The van der Waals surface area contributed by atoms with Gasteiger partial charge < -0.3 is 5.32 Å². The van der Waals surface area contributed by atoms with Crippen molar-refractivity contribution < 1.29 is 4.79 Å². The lowest BCUT2D eigenvalue weighted by Crippen LogP contribution is -2.19. The van der Waals surface area contributed by atoms with Gasteiger partial charge in [0.2, 0.25) is 5.91 Å². The van der Waals surface area contributed by atoms with E-state index in [2.05, 4.69) is 21.2 Å². The van der Waals surface area contributed by atoms with Crippen LogP contribution in [0.15, 0.2) is 51.7 Å². The lowest BCUT2D eigenvalue weighted by Gasteiger charge is -2.14. The summed E-state index contributed by atoms with van der Waals surface area (Å²) in [5.41, 5.74) is 3.09. The fraction of sp³-hybridized carbons (Fsp3) is 0.222. The molecule has 1 heterocycles. The Kier molecular flexibility index (Phi) is 4.32. The van der Waals surface area contributed by atoms with E-state index in [4.69, 9.17) is 0 Å². The van der Waals surface area contributed by atoms with Crippen LogP contribution in [0.4, 0.5) is 5.69 Å². The number of nitrogens with zero attached hydrogens (tertiary/aromatic N) is 2. The van der Waals surface area contributed by atoms with Gasteiger partial charge in [-0.05, 0) is 40.5 Å². The zero-order valence-corrected chi connectivity index (χ0v) is 15.3. The number of anilines is 1. The van der Waals surface area contributed by atoms with Crippen molar-refractivity contribution in [2.45, 2.75) is 12.8 Å². The smallest absolute Gasteiger partial charge is 0.324 e. The molecule has 5 nitrogen and oxygen atoms in total. The van der Waals surface area contributed by atoms with E-state index < -0.39 is 0 Å². The van der Waals surface area contributed by atoms with Gasteiger partial charge in [0, 0.05) is 18.6 Å². The number of fused-ring (bicyclic) bond motifs is 1. The van der Waals surface area contributed by atoms with E-state index >= 15 is 0 Å². The van der Waals surface area contributed by atoms with Crippen molar-refractivity contribution >= 4 is 38.6 Å². The van der Waals surface area contributed by atoms with E-state index in [0.29, 0.717) is 5.69 Å². The van der Waals surface area contributed by atoms with Crippen molar-refractivity contribution in [3.63, 3.8) is 0 Å². The highest BCUT2D eigenvalue weighted by atomic mass is 79.9. The van der Waals surface area contributed by atoms with Crippen LogP contribution < -0.4 is 11.0 Å². The molecule has 124 valence electrons. The first-order chi connectivity index (χ1) is 11.4. The summed E-state index contributed by atoms with van der Waals surface area (Å²) in [5.74, 6) is -0.365. The molecule has 0 aliphatic carbocycles. The SMILES string of the molecule is C[C@H](C(=O)Nc1cc2c(cc1Br)n(C)c(=O)n2C)c1ccccc1. The molecule has 0 aliphatic heterocycles. The quantitative estimate of drug-likeness (QED) is 0.748. The molecular weight excluding hydrogens is 370 g/mol. The summed E-state index contributed by atoms with van der Waals surface area (Å²) < 4.78 is 3.89. The molecule has 24 heavy (non-hydrogen) atoms. The molecule has 0 spiro atoms. The summed E-state index contributed by atoms with van der Waals surface area (Å²) >= 11 is 3.48. The van der Waals surface area contributed by atoms with Gasteiger partial charge in [-0.2, -0.15) is 0 Å². The van der Waals surface area contributed by atoms with Crippen LogP contribution in [-0.2, 0) is 18.9 Å². The highest BCUT2D eigenvalue weighted by Gasteiger charge is 2.18. The molecule has 0 unspecified atom stereocenters. The van der Waals surface area contributed by atoms with Gasteiger partial charge in [-0.3, -0.25) is 13.9 Å². The number of hydrogen-bond acceptors (Lipinski definition) is 2. The molecule has 0 bridgehead atoms. The van der Waals surface area contributed by atoms with Crippen molar-refractivity contribution in [2.24, 2.45) is 14.1 Å². The molecule has 6 heteroatoms. The topological polar surface area (TPSA) is 56.0 Å². The number of hydrogen-bond donors (Lipinski definition) is 1. The Morgan fingerprint density at radius 3 is 2.29 bits per heavy atom. The number of benzene rings is 2. The zero-order chi connectivity index (χ0) is 17.4. The number of carbonyl (C=O) groups excluding carboxylic acids is 1. The molecule has 1 atom stereocenters. The standard InChI is InChI=1S/C18H18BrN3O2/c1-11(12-7-5-4-6-8-12)17(23)20-14-10-16-15(9-13(14)19)21(2)18(24)22(16)3/h4-11H,1-3H3,(H,20,23)/t11-/m0/s1. The Labute approximate surface area is 148 Å². The summed E-state index contributed by atoms with van der Waals surface area (Å²) in [7, 11) is 3.45. The van der Waals surface area contributed by atoms with Crippen LogP contribution in [0, 0.1) is 0 Å². The predicted molar refractivity (Wildman–Crippen MR) is 99.3 cm³/mol. The average molecular weight is 388 g/mol. The molecule has 3 aromatic rings. The molecule has 0 radical (unpaired) electrons. The van der Waals surface area contributed by atoms with Crippen LogP contribution >= 0.6 is 15.9 Å². The van der Waals surface area contributed by atoms with Gasteiger partial charge in [0.05, 0.1) is 22.6 Å². The number of rotatable bonds is 3. The van der Waals surface area contributed by atoms with Crippen LogP contribution in [0.1, 0.15) is 18.4 Å². The number of imidazole rings is 1. The Bertz CT molecular complexity index is 973. The number of carbonyl (C=O) groups is 1. The predicted octanol–water partition coefficient (Wildman–Crippen LogP) is 3.38. The van der Waals surface area contributed by atoms with E-state index in [1.165, 1.54) is 0 Å². The number of amides is 1. The normalized spacial score (nSPS) is 12.3. The van der Waals surface area contributed by atoms with Gasteiger partial charge in [0.25, 0.3) is 0 Å². The Hall–Kier alpha value is -2.34. The highest BCUT2D eigenvalue weighted by Crippen LogP contribution is 2.29. The summed E-state index contributed by atoms with van der Waals surface area (Å²) in [5, 5.41) is 2.95. The fourth-order valence-electron chi connectivity index (χ4n) is 2.75. The Morgan fingerprint density at radius 2 is 1.67 bits per heavy atom. The lowest BCUT2D eigenvalue weighted by atomic mass is 10.0. The van der Waals surface area contributed by atoms with Crippen molar-refractivity contribution in [2.75, 3.05) is 5.32 Å². The van der Waals surface area contributed by atoms with E-state index in [0.717, 1.165) is 21.1 Å². The maximum absolute atomic E-state index is 12.6. The third-order valence-corrected chi connectivity index (χ3v) is 4.97. The lowest BCUT2D eigenvalue weighted by molar-refractivity contribution is -0.117. The van der Waals surface area contributed by atoms with Gasteiger partial charge in [0.1, 0.15) is 0 Å². The van der Waals surface area contributed by atoms with E-state index in [9.17, 15) is 9.59 Å². The van der Waals surface area contributed by atoms with Crippen LogP contribution in [0.25, 0.3) is 11.0 Å². The van der Waals surface area contributed by atoms with Crippen LogP contribution in [0.2, 0.25) is 0 Å². The fourth-order valence-corrected chi connectivity index (χ4v) is 3.18.